The van der Waals surface area contributed by atoms with Crippen molar-refractivity contribution in [1.82, 2.24) is 10.6 Å². The molecule has 0 aromatic carbocycles. The molecule has 0 aromatic heterocycles. The van der Waals surface area contributed by atoms with Crippen molar-refractivity contribution in [1.29, 1.82) is 0 Å². The maximum Gasteiger partial charge on any atom is 0.408 e. The number of nitrogens with one attached hydrogen (secondary N) is 2. The maximum atomic E-state index is 12.1. The fourth-order valence-electron chi connectivity index (χ4n) is 2.40. The number of alkyl carbamates (subject to hydrolysis) is 2. The number of hydrogen-bond acceptors (Lipinski definition) is 5. The Labute approximate surface area is 176 Å². The quantitative estimate of drug-likeness (QED) is 0.576. The highest BCUT2D eigenvalue weighted by Crippen LogP contribution is 2.12. The Morgan fingerprint density at radius 3 is 1.69 bits per heavy atom. The van der Waals surface area contributed by atoms with Crippen LogP contribution in [-0.2, 0) is 9.47 Å². The monoisotopic (exact) mass is 412 g/mol. The molecule has 0 heterocycles. The Morgan fingerprint density at radius 2 is 1.31 bits per heavy atom. The van der Waals surface area contributed by atoms with E-state index >= 15 is 0 Å². The molecular weight excluding hydrogens is 372 g/mol. The van der Waals surface area contributed by atoms with Crippen LogP contribution < -0.4 is 10.6 Å². The van der Waals surface area contributed by atoms with Crippen molar-refractivity contribution in [2.45, 2.75) is 105 Å². The topological polar surface area (TPSA) is 96.9 Å². The third-order valence-electron chi connectivity index (χ3n) is 3.55. The number of aliphatic hydroxyl groups excluding tert-OH is 1. The molecule has 0 aliphatic carbocycles. The minimum Gasteiger partial charge on any atom is -0.444 e. The molecule has 7 heteroatoms. The maximum absolute atomic E-state index is 12.1. The Bertz CT molecular complexity index is 591. The summed E-state index contributed by atoms with van der Waals surface area (Å²) < 4.78 is 10.6. The van der Waals surface area contributed by atoms with Gasteiger partial charge in [-0.3, -0.25) is 0 Å². The molecule has 0 rings (SSSR count). The molecule has 0 saturated heterocycles. The summed E-state index contributed by atoms with van der Waals surface area (Å²) in [5.41, 5.74) is -1.25. The molecule has 168 valence electrons. The average Bonchev–Trinajstić information content (AvgIpc) is 2.45. The molecule has 0 fully saturated rings. The molecule has 0 unspecified atom stereocenters. The van der Waals surface area contributed by atoms with Crippen molar-refractivity contribution < 1.29 is 24.2 Å². The van der Waals surface area contributed by atoms with Gasteiger partial charge in [-0.25, -0.2) is 9.59 Å². The summed E-state index contributed by atoms with van der Waals surface area (Å²) in [6.45, 7) is 18.4. The summed E-state index contributed by atoms with van der Waals surface area (Å²) >= 11 is 0. The molecule has 3 atom stereocenters. The van der Waals surface area contributed by atoms with Gasteiger partial charge in [0.05, 0.1) is 12.1 Å². The van der Waals surface area contributed by atoms with Gasteiger partial charge in [-0.05, 0) is 59.8 Å². The Balaban J connectivity index is 5.24. The molecule has 0 aliphatic heterocycles. The van der Waals surface area contributed by atoms with Gasteiger partial charge in [0.15, 0.2) is 0 Å². The fraction of sp³-hybridized carbons (Fsp3) is 0.818. The van der Waals surface area contributed by atoms with Crippen molar-refractivity contribution in [3.05, 3.63) is 0 Å². The first-order valence-corrected chi connectivity index (χ1v) is 10.2. The first-order valence-electron chi connectivity index (χ1n) is 10.2. The van der Waals surface area contributed by atoms with Crippen LogP contribution in [0.25, 0.3) is 0 Å². The Hall–Kier alpha value is -1.94. The van der Waals surface area contributed by atoms with Gasteiger partial charge in [0, 0.05) is 0 Å². The van der Waals surface area contributed by atoms with E-state index in [-0.39, 0.29) is 11.8 Å². The zero-order chi connectivity index (χ0) is 23.0. The summed E-state index contributed by atoms with van der Waals surface area (Å²) in [5, 5.41) is 16.0. The molecule has 0 aliphatic rings. The van der Waals surface area contributed by atoms with E-state index in [1.165, 1.54) is 0 Å². The number of rotatable bonds is 6. The van der Waals surface area contributed by atoms with Crippen LogP contribution in [0.2, 0.25) is 0 Å². The van der Waals surface area contributed by atoms with Gasteiger partial charge in [-0.1, -0.05) is 39.5 Å². The van der Waals surface area contributed by atoms with E-state index in [0.717, 1.165) is 0 Å². The van der Waals surface area contributed by atoms with E-state index < -0.39 is 41.6 Å². The second-order valence-electron chi connectivity index (χ2n) is 9.98. The van der Waals surface area contributed by atoms with E-state index in [9.17, 15) is 14.7 Å². The molecule has 2 amide bonds. The molecular formula is C22H40N2O5. The lowest BCUT2D eigenvalue weighted by molar-refractivity contribution is 0.0429. The van der Waals surface area contributed by atoms with Crippen LogP contribution >= 0.6 is 0 Å². The van der Waals surface area contributed by atoms with Gasteiger partial charge in [0.2, 0.25) is 0 Å². The molecule has 0 radical (unpaired) electrons. The molecule has 0 spiro atoms. The second kappa shape index (κ2) is 11.3. The van der Waals surface area contributed by atoms with Crippen LogP contribution in [-0.4, -0.2) is 46.7 Å². The lowest BCUT2D eigenvalue weighted by Gasteiger charge is -2.27. The number of ether oxygens (including phenoxy) is 2. The van der Waals surface area contributed by atoms with Gasteiger partial charge < -0.3 is 25.2 Å². The van der Waals surface area contributed by atoms with E-state index in [1.54, 1.807) is 41.5 Å². The van der Waals surface area contributed by atoms with Gasteiger partial charge in [-0.2, -0.15) is 0 Å². The Morgan fingerprint density at radius 1 is 0.862 bits per heavy atom. The average molecular weight is 413 g/mol. The van der Waals surface area contributed by atoms with Gasteiger partial charge in [0.1, 0.15) is 17.3 Å². The molecule has 7 nitrogen and oxygen atoms in total. The summed E-state index contributed by atoms with van der Waals surface area (Å²) in [5.74, 6) is 5.90. The fourth-order valence-corrected chi connectivity index (χ4v) is 2.40. The number of hydrogen-bond donors (Lipinski definition) is 3. The van der Waals surface area contributed by atoms with Crippen LogP contribution in [0.3, 0.4) is 0 Å². The number of aliphatic hydroxyl groups is 1. The minimum absolute atomic E-state index is 0.0748. The molecule has 0 aromatic rings. The highest BCUT2D eigenvalue weighted by molar-refractivity contribution is 5.69. The Kier molecular flexibility index (Phi) is 10.5. The smallest absolute Gasteiger partial charge is 0.408 e. The standard InChI is InChI=1S/C22H40N2O5/c1-14(2)13-16(23-19(26)28-21(5,6)7)11-12-17(25)18(15(3)4)24-20(27)29-22(8,9)10/h14-18,25H,13H2,1-10H3,(H,23,26)(H,24,27)/t16-,17-,18+/m1/s1. The van der Waals surface area contributed by atoms with Crippen LogP contribution in [0.1, 0.15) is 75.7 Å². The number of amides is 2. The number of carbonyl (C=O) groups is 2. The van der Waals surface area contributed by atoms with Gasteiger partial charge >= 0.3 is 12.2 Å². The predicted octanol–water partition coefficient (Wildman–Crippen LogP) is 3.84. The second-order valence-corrected chi connectivity index (χ2v) is 9.98. The zero-order valence-electron chi connectivity index (χ0n) is 19.7. The summed E-state index contributed by atoms with van der Waals surface area (Å²) in [6.07, 6.45) is -1.68. The summed E-state index contributed by atoms with van der Waals surface area (Å²) in [4.78, 5) is 24.2. The van der Waals surface area contributed by atoms with Crippen LogP contribution in [0, 0.1) is 23.7 Å². The van der Waals surface area contributed by atoms with Crippen LogP contribution in [0.4, 0.5) is 9.59 Å². The van der Waals surface area contributed by atoms with Crippen molar-refractivity contribution in [3.63, 3.8) is 0 Å². The molecule has 0 bridgehead atoms. The molecule has 29 heavy (non-hydrogen) atoms. The third-order valence-corrected chi connectivity index (χ3v) is 3.55. The highest BCUT2D eigenvalue weighted by Gasteiger charge is 2.26. The summed E-state index contributed by atoms with van der Waals surface area (Å²) in [7, 11) is 0. The van der Waals surface area contributed by atoms with Gasteiger partial charge in [0.25, 0.3) is 0 Å². The molecule has 3 N–H and O–H groups in total. The van der Waals surface area contributed by atoms with E-state index in [1.807, 2.05) is 27.7 Å². The molecule has 0 saturated carbocycles. The van der Waals surface area contributed by atoms with E-state index in [2.05, 4.69) is 22.5 Å². The largest absolute Gasteiger partial charge is 0.444 e. The minimum atomic E-state index is -1.11. The first-order chi connectivity index (χ1) is 13.0. The SMILES string of the molecule is CC(C)C[C@@H](C#C[C@@H](O)[C@@H](NC(=O)OC(C)(C)C)C(C)C)NC(=O)OC(C)(C)C. The van der Waals surface area contributed by atoms with Crippen molar-refractivity contribution in [2.24, 2.45) is 11.8 Å². The van der Waals surface area contributed by atoms with E-state index in [4.69, 9.17) is 9.47 Å². The summed E-state index contributed by atoms with van der Waals surface area (Å²) in [6, 6.07) is -1.09. The van der Waals surface area contributed by atoms with Gasteiger partial charge in [-0.15, -0.1) is 0 Å². The predicted molar refractivity (Wildman–Crippen MR) is 114 cm³/mol. The van der Waals surface area contributed by atoms with Crippen molar-refractivity contribution in [3.8, 4) is 11.8 Å². The van der Waals surface area contributed by atoms with Crippen molar-refractivity contribution >= 4 is 12.2 Å². The van der Waals surface area contributed by atoms with Crippen LogP contribution in [0.15, 0.2) is 0 Å². The number of carbonyl (C=O) groups excluding carboxylic acids is 2. The lowest BCUT2D eigenvalue weighted by Crippen LogP contribution is -2.48. The van der Waals surface area contributed by atoms with E-state index in [0.29, 0.717) is 6.42 Å². The first kappa shape index (κ1) is 27.1. The van der Waals surface area contributed by atoms with Crippen molar-refractivity contribution in [2.75, 3.05) is 0 Å². The van der Waals surface area contributed by atoms with Crippen LogP contribution in [0.5, 0.6) is 0 Å². The zero-order valence-corrected chi connectivity index (χ0v) is 19.7. The third kappa shape index (κ3) is 13.8. The lowest BCUT2D eigenvalue weighted by atomic mass is 9.98. The highest BCUT2D eigenvalue weighted by atomic mass is 16.6. The normalized spacial score (nSPS) is 15.1.